The SMILES string of the molecule is Cc1cc2cc(C#N)c(N3CCCN(C(=O)/C=C/C(=O)O)CC3)nc2cc1C. The highest BCUT2D eigenvalue weighted by atomic mass is 16.4. The maximum Gasteiger partial charge on any atom is 0.328 e. The number of carbonyl (C=O) groups is 2. The van der Waals surface area contributed by atoms with Gasteiger partial charge in [-0.1, -0.05) is 0 Å². The molecule has 0 bridgehead atoms. The van der Waals surface area contributed by atoms with Gasteiger partial charge in [-0.05, 0) is 49.6 Å². The van der Waals surface area contributed by atoms with Crippen LogP contribution in [0.5, 0.6) is 0 Å². The molecule has 1 aliphatic heterocycles. The van der Waals surface area contributed by atoms with Crippen LogP contribution in [-0.2, 0) is 9.59 Å². The second-order valence-electron chi connectivity index (χ2n) is 6.94. The fraction of sp³-hybridized carbons (Fsp3) is 0.333. The van der Waals surface area contributed by atoms with E-state index < -0.39 is 5.97 Å². The normalized spacial score (nSPS) is 14.9. The van der Waals surface area contributed by atoms with Gasteiger partial charge in [0.2, 0.25) is 5.91 Å². The molecular formula is C21H22N4O3. The van der Waals surface area contributed by atoms with Gasteiger partial charge in [0.25, 0.3) is 0 Å². The number of nitriles is 1. The van der Waals surface area contributed by atoms with E-state index in [0.717, 1.165) is 34.2 Å². The van der Waals surface area contributed by atoms with Crippen LogP contribution in [0.2, 0.25) is 0 Å². The summed E-state index contributed by atoms with van der Waals surface area (Å²) in [7, 11) is 0. The summed E-state index contributed by atoms with van der Waals surface area (Å²) in [6.07, 6.45) is 2.65. The summed E-state index contributed by atoms with van der Waals surface area (Å²) in [5.41, 5.74) is 3.66. The van der Waals surface area contributed by atoms with Crippen LogP contribution >= 0.6 is 0 Å². The molecule has 0 unspecified atom stereocenters. The van der Waals surface area contributed by atoms with Crippen molar-refractivity contribution >= 4 is 28.6 Å². The molecule has 0 saturated carbocycles. The highest BCUT2D eigenvalue weighted by Gasteiger charge is 2.21. The lowest BCUT2D eigenvalue weighted by molar-refractivity contribution is -0.132. The van der Waals surface area contributed by atoms with Gasteiger partial charge in [-0.15, -0.1) is 0 Å². The van der Waals surface area contributed by atoms with Gasteiger partial charge in [0, 0.05) is 43.7 Å². The zero-order valence-corrected chi connectivity index (χ0v) is 16.0. The first kappa shape index (κ1) is 19.4. The number of nitrogens with zero attached hydrogens (tertiary/aromatic N) is 4. The van der Waals surface area contributed by atoms with Crippen LogP contribution in [0.1, 0.15) is 23.1 Å². The quantitative estimate of drug-likeness (QED) is 0.824. The monoisotopic (exact) mass is 378 g/mol. The lowest BCUT2D eigenvalue weighted by Crippen LogP contribution is -2.34. The molecule has 1 aromatic carbocycles. The van der Waals surface area contributed by atoms with E-state index in [1.54, 1.807) is 4.90 Å². The highest BCUT2D eigenvalue weighted by molar-refractivity contribution is 5.94. The van der Waals surface area contributed by atoms with Crippen LogP contribution in [0.15, 0.2) is 30.4 Å². The van der Waals surface area contributed by atoms with Crippen LogP contribution in [0.4, 0.5) is 5.82 Å². The second-order valence-corrected chi connectivity index (χ2v) is 6.94. The Morgan fingerprint density at radius 3 is 2.57 bits per heavy atom. The molecule has 0 radical (unpaired) electrons. The van der Waals surface area contributed by atoms with E-state index in [0.29, 0.717) is 44.0 Å². The fourth-order valence-corrected chi connectivity index (χ4v) is 3.35. The number of rotatable bonds is 3. The van der Waals surface area contributed by atoms with Crippen LogP contribution in [0, 0.1) is 25.2 Å². The molecule has 1 saturated heterocycles. The number of anilines is 1. The van der Waals surface area contributed by atoms with Crippen molar-refractivity contribution < 1.29 is 14.7 Å². The minimum atomic E-state index is -1.14. The van der Waals surface area contributed by atoms with Crippen LogP contribution in [0.3, 0.4) is 0 Å². The van der Waals surface area contributed by atoms with Crippen molar-refractivity contribution in [3.8, 4) is 6.07 Å². The minimum absolute atomic E-state index is 0.317. The number of pyridine rings is 1. The standard InChI is InChI=1S/C21H22N4O3/c1-14-10-16-12-17(13-22)21(23-18(16)11-15(14)2)25-7-3-6-24(8-9-25)19(26)4-5-20(27)28/h4-5,10-12H,3,6-9H2,1-2H3,(H,27,28)/b5-4+. The minimum Gasteiger partial charge on any atom is -0.478 e. The highest BCUT2D eigenvalue weighted by Crippen LogP contribution is 2.26. The number of carboxylic acid groups (broad SMARTS) is 1. The van der Waals surface area contributed by atoms with E-state index in [1.807, 2.05) is 36.9 Å². The third kappa shape index (κ3) is 4.12. The largest absolute Gasteiger partial charge is 0.478 e. The lowest BCUT2D eigenvalue weighted by atomic mass is 10.0. The first-order chi connectivity index (χ1) is 13.4. The molecule has 1 fully saturated rings. The maximum absolute atomic E-state index is 12.2. The third-order valence-electron chi connectivity index (χ3n) is 5.01. The molecule has 1 aromatic heterocycles. The molecule has 0 aliphatic carbocycles. The molecule has 0 atom stereocenters. The van der Waals surface area contributed by atoms with Gasteiger partial charge in [0.15, 0.2) is 0 Å². The van der Waals surface area contributed by atoms with Crippen LogP contribution in [-0.4, -0.2) is 53.0 Å². The van der Waals surface area contributed by atoms with E-state index in [9.17, 15) is 14.9 Å². The Morgan fingerprint density at radius 2 is 1.86 bits per heavy atom. The van der Waals surface area contributed by atoms with E-state index in [4.69, 9.17) is 10.1 Å². The Bertz CT molecular complexity index is 1010. The molecule has 144 valence electrons. The van der Waals surface area contributed by atoms with Crippen molar-refractivity contribution in [3.05, 3.63) is 47.0 Å². The molecule has 28 heavy (non-hydrogen) atoms. The van der Waals surface area contributed by atoms with Gasteiger partial charge < -0.3 is 14.9 Å². The number of hydrogen-bond acceptors (Lipinski definition) is 5. The van der Waals surface area contributed by atoms with Crippen LogP contribution in [0.25, 0.3) is 10.9 Å². The number of aryl methyl sites for hydroxylation is 2. The summed E-state index contributed by atoms with van der Waals surface area (Å²) in [6, 6.07) is 8.18. The third-order valence-corrected chi connectivity index (χ3v) is 5.01. The maximum atomic E-state index is 12.2. The number of hydrogen-bond donors (Lipinski definition) is 1. The molecular weight excluding hydrogens is 356 g/mol. The van der Waals surface area contributed by atoms with E-state index >= 15 is 0 Å². The Kier molecular flexibility index (Phi) is 5.59. The molecule has 2 heterocycles. The Balaban J connectivity index is 1.86. The zero-order chi connectivity index (χ0) is 20.3. The number of fused-ring (bicyclic) bond motifs is 1. The predicted octanol–water partition coefficient (Wildman–Crippen LogP) is 2.40. The average molecular weight is 378 g/mol. The molecule has 0 spiro atoms. The molecule has 7 heteroatoms. The topological polar surface area (TPSA) is 97.5 Å². The van der Waals surface area contributed by atoms with Gasteiger partial charge >= 0.3 is 5.97 Å². The van der Waals surface area contributed by atoms with Gasteiger partial charge in [-0.2, -0.15) is 5.26 Å². The summed E-state index contributed by atoms with van der Waals surface area (Å²) in [5.74, 6) is -0.828. The van der Waals surface area contributed by atoms with Gasteiger partial charge in [-0.3, -0.25) is 4.79 Å². The van der Waals surface area contributed by atoms with Crippen LogP contribution < -0.4 is 4.90 Å². The summed E-state index contributed by atoms with van der Waals surface area (Å²) in [6.45, 7) is 6.25. The fourth-order valence-electron chi connectivity index (χ4n) is 3.35. The van der Waals surface area contributed by atoms with Crippen molar-refractivity contribution in [2.75, 3.05) is 31.1 Å². The van der Waals surface area contributed by atoms with Crippen molar-refractivity contribution in [2.24, 2.45) is 0 Å². The Labute approximate surface area is 163 Å². The second kappa shape index (κ2) is 8.09. The Morgan fingerprint density at radius 1 is 1.11 bits per heavy atom. The number of aromatic nitrogens is 1. The number of carbonyl (C=O) groups excluding carboxylic acids is 1. The molecule has 2 aromatic rings. The number of aliphatic carboxylic acids is 1. The molecule has 1 aliphatic rings. The van der Waals surface area contributed by atoms with Crippen molar-refractivity contribution in [1.29, 1.82) is 5.26 Å². The Hall–Kier alpha value is -3.40. The summed E-state index contributed by atoms with van der Waals surface area (Å²) < 4.78 is 0. The first-order valence-electron chi connectivity index (χ1n) is 9.16. The predicted molar refractivity (Wildman–Crippen MR) is 106 cm³/mol. The van der Waals surface area contributed by atoms with E-state index in [2.05, 4.69) is 6.07 Å². The number of benzene rings is 1. The zero-order valence-electron chi connectivity index (χ0n) is 16.0. The molecule has 3 rings (SSSR count). The van der Waals surface area contributed by atoms with E-state index in [-0.39, 0.29) is 5.91 Å². The van der Waals surface area contributed by atoms with Crippen molar-refractivity contribution in [3.63, 3.8) is 0 Å². The average Bonchev–Trinajstić information content (AvgIpc) is 2.92. The smallest absolute Gasteiger partial charge is 0.328 e. The molecule has 1 amide bonds. The first-order valence-corrected chi connectivity index (χ1v) is 9.16. The summed E-state index contributed by atoms with van der Waals surface area (Å²) in [5, 5.41) is 19.2. The lowest BCUT2D eigenvalue weighted by Gasteiger charge is -2.23. The number of amides is 1. The molecule has 7 nitrogen and oxygen atoms in total. The van der Waals surface area contributed by atoms with Crippen molar-refractivity contribution in [1.82, 2.24) is 9.88 Å². The summed E-state index contributed by atoms with van der Waals surface area (Å²) >= 11 is 0. The van der Waals surface area contributed by atoms with Gasteiger partial charge in [0.05, 0.1) is 11.1 Å². The summed E-state index contributed by atoms with van der Waals surface area (Å²) in [4.78, 5) is 31.2. The van der Waals surface area contributed by atoms with Gasteiger partial charge in [0.1, 0.15) is 11.9 Å². The van der Waals surface area contributed by atoms with E-state index in [1.165, 1.54) is 0 Å². The molecule has 1 N–H and O–H groups in total. The number of carboxylic acids is 1. The van der Waals surface area contributed by atoms with Gasteiger partial charge in [-0.25, -0.2) is 9.78 Å². The van der Waals surface area contributed by atoms with Crippen molar-refractivity contribution in [2.45, 2.75) is 20.3 Å².